The molecule has 2 aliphatic rings. The van der Waals surface area contributed by atoms with E-state index in [0.29, 0.717) is 29.5 Å². The van der Waals surface area contributed by atoms with Gasteiger partial charge in [-0.2, -0.15) is 0 Å². The van der Waals surface area contributed by atoms with Crippen molar-refractivity contribution >= 4 is 38.0 Å². The Balaban J connectivity index is 1.87. The van der Waals surface area contributed by atoms with Crippen molar-refractivity contribution in [3.63, 3.8) is 0 Å². The highest BCUT2D eigenvalue weighted by Gasteiger charge is 2.55. The number of anilines is 1. The lowest BCUT2D eigenvalue weighted by molar-refractivity contribution is -0.407. The second-order valence-electron chi connectivity index (χ2n) is 10.4. The number of hydroxylamine groups is 2. The Morgan fingerprint density at radius 1 is 1.15 bits per heavy atom. The van der Waals surface area contributed by atoms with E-state index in [2.05, 4.69) is 9.55 Å². The molecule has 14 heteroatoms. The highest BCUT2D eigenvalue weighted by Crippen LogP contribution is 2.53. The van der Waals surface area contributed by atoms with E-state index in [4.69, 9.17) is 9.68 Å². The van der Waals surface area contributed by atoms with Gasteiger partial charge in [0.1, 0.15) is 5.70 Å². The SMILES string of the molecule is CCON(OCC)[C@]1(CCC(C)C)C(=O)C(N2Cc3ccc(NS(C)(=O)=O)cc3S(O)(O)N2)=C(O)c2ccccc21. The molecule has 0 saturated carbocycles. The van der Waals surface area contributed by atoms with Gasteiger partial charge < -0.3 is 5.11 Å². The molecule has 0 spiro atoms. The maximum absolute atomic E-state index is 14.7. The number of carbonyl (C=O) groups is 1. The first-order valence-corrected chi connectivity index (χ1v) is 16.8. The van der Waals surface area contributed by atoms with Gasteiger partial charge in [-0.05, 0) is 61.1 Å². The molecule has 0 unspecified atom stereocenters. The summed E-state index contributed by atoms with van der Waals surface area (Å²) in [4.78, 5) is 29.2. The van der Waals surface area contributed by atoms with Crippen LogP contribution in [0.5, 0.6) is 0 Å². The number of Topliss-reactive ketones (excluding diaryl/α,β-unsaturated/α-hetero) is 1. The summed E-state index contributed by atoms with van der Waals surface area (Å²) in [6.07, 6.45) is 1.90. The summed E-state index contributed by atoms with van der Waals surface area (Å²) in [6.45, 7) is 8.02. The summed E-state index contributed by atoms with van der Waals surface area (Å²) >= 11 is 0. The van der Waals surface area contributed by atoms with Gasteiger partial charge in [-0.1, -0.05) is 55.0 Å². The molecule has 1 aliphatic carbocycles. The number of nitrogens with zero attached hydrogens (tertiary/aromatic N) is 2. The summed E-state index contributed by atoms with van der Waals surface area (Å²) < 4.78 is 48.0. The van der Waals surface area contributed by atoms with Gasteiger partial charge in [0, 0.05) is 5.56 Å². The fraction of sp³-hybridized carbons (Fsp3) is 0.444. The zero-order valence-corrected chi connectivity index (χ0v) is 25.4. The number of carbonyl (C=O) groups excluding carboxylic acids is 1. The molecule has 4 rings (SSSR count). The Labute approximate surface area is 242 Å². The van der Waals surface area contributed by atoms with Crippen LogP contribution in [0, 0.1) is 5.92 Å². The summed E-state index contributed by atoms with van der Waals surface area (Å²) in [7, 11) is -7.38. The fourth-order valence-corrected chi connectivity index (χ4v) is 7.03. The number of aliphatic hydroxyl groups is 1. The van der Waals surface area contributed by atoms with Gasteiger partial charge in [-0.25, -0.2) is 8.42 Å². The minimum Gasteiger partial charge on any atom is -0.505 e. The molecule has 0 bridgehead atoms. The molecule has 226 valence electrons. The van der Waals surface area contributed by atoms with Crippen molar-refractivity contribution in [3.8, 4) is 0 Å². The normalized spacial score (nSPS) is 21.2. The highest BCUT2D eigenvalue weighted by atomic mass is 32.3. The number of aliphatic hydroxyl groups excluding tert-OH is 1. The van der Waals surface area contributed by atoms with Crippen LogP contribution in [0.4, 0.5) is 5.69 Å². The summed E-state index contributed by atoms with van der Waals surface area (Å²) in [5, 5.41) is 14.0. The Bertz CT molecular complexity index is 1440. The Hall–Kier alpha value is -2.69. The topological polar surface area (TPSA) is 161 Å². The predicted octanol–water partition coefficient (Wildman–Crippen LogP) is 4.75. The molecule has 0 fully saturated rings. The Morgan fingerprint density at radius 2 is 1.80 bits per heavy atom. The van der Waals surface area contributed by atoms with E-state index in [1.165, 1.54) is 22.4 Å². The number of benzene rings is 2. The number of nitrogens with one attached hydrogen (secondary N) is 2. The molecule has 1 atom stereocenters. The van der Waals surface area contributed by atoms with Gasteiger partial charge >= 0.3 is 0 Å². The number of rotatable bonds is 11. The number of fused-ring (bicyclic) bond motifs is 2. The van der Waals surface area contributed by atoms with Gasteiger partial charge in [0.15, 0.2) is 11.3 Å². The van der Waals surface area contributed by atoms with Gasteiger partial charge in [-0.15, -0.1) is 4.83 Å². The quantitative estimate of drug-likeness (QED) is 0.223. The number of ketones is 1. The van der Waals surface area contributed by atoms with Crippen molar-refractivity contribution in [3.05, 3.63) is 64.9 Å². The highest BCUT2D eigenvalue weighted by molar-refractivity contribution is 8.22. The van der Waals surface area contributed by atoms with Crippen molar-refractivity contribution in [2.24, 2.45) is 5.92 Å². The molecule has 2 aromatic carbocycles. The first-order chi connectivity index (χ1) is 19.2. The first-order valence-electron chi connectivity index (χ1n) is 13.3. The van der Waals surface area contributed by atoms with E-state index in [1.54, 1.807) is 44.2 Å². The number of sulfonamides is 1. The smallest absolute Gasteiger partial charge is 0.229 e. The number of hydrazine groups is 1. The van der Waals surface area contributed by atoms with Crippen LogP contribution in [-0.2, 0) is 36.6 Å². The first kappa shape index (κ1) is 31.3. The van der Waals surface area contributed by atoms with Crippen LogP contribution in [0.2, 0.25) is 0 Å². The lowest BCUT2D eigenvalue weighted by Gasteiger charge is -2.49. The van der Waals surface area contributed by atoms with E-state index in [0.717, 1.165) is 6.26 Å². The number of hydrogen-bond donors (Lipinski definition) is 5. The van der Waals surface area contributed by atoms with E-state index in [1.807, 2.05) is 13.8 Å². The van der Waals surface area contributed by atoms with E-state index in [-0.39, 0.29) is 47.7 Å². The third-order valence-electron chi connectivity index (χ3n) is 6.84. The summed E-state index contributed by atoms with van der Waals surface area (Å²) in [5.74, 6) is -0.653. The third-order valence-corrected chi connectivity index (χ3v) is 8.92. The predicted molar refractivity (Wildman–Crippen MR) is 157 cm³/mol. The molecular formula is C27H38N4O8S2. The summed E-state index contributed by atoms with van der Waals surface area (Å²) in [5.41, 5.74) is -0.207. The van der Waals surface area contributed by atoms with Crippen molar-refractivity contribution in [1.82, 2.24) is 15.1 Å². The van der Waals surface area contributed by atoms with Crippen LogP contribution in [0.1, 0.15) is 57.2 Å². The molecule has 12 nitrogen and oxygen atoms in total. The maximum atomic E-state index is 14.7. The molecule has 0 saturated heterocycles. The zero-order valence-electron chi connectivity index (χ0n) is 23.7. The fourth-order valence-electron chi connectivity index (χ4n) is 5.12. The lowest BCUT2D eigenvalue weighted by atomic mass is 9.73. The minimum atomic E-state index is -3.78. The molecule has 0 aromatic heterocycles. The molecule has 0 amide bonds. The average molecular weight is 611 g/mol. The van der Waals surface area contributed by atoms with Gasteiger partial charge in [0.2, 0.25) is 15.8 Å². The van der Waals surface area contributed by atoms with E-state index in [9.17, 15) is 27.4 Å². The van der Waals surface area contributed by atoms with Crippen LogP contribution in [-0.4, -0.2) is 58.1 Å². The van der Waals surface area contributed by atoms with Gasteiger partial charge in [-0.3, -0.25) is 33.3 Å². The van der Waals surface area contributed by atoms with Crippen LogP contribution in [0.25, 0.3) is 5.76 Å². The zero-order chi connectivity index (χ0) is 30.2. The maximum Gasteiger partial charge on any atom is 0.229 e. The van der Waals surface area contributed by atoms with Crippen molar-refractivity contribution in [1.29, 1.82) is 0 Å². The van der Waals surface area contributed by atoms with Crippen LogP contribution >= 0.6 is 10.8 Å². The minimum absolute atomic E-state index is 0.0405. The Morgan fingerprint density at radius 3 is 2.41 bits per heavy atom. The molecule has 5 N–H and O–H groups in total. The third kappa shape index (κ3) is 6.10. The van der Waals surface area contributed by atoms with Crippen molar-refractivity contribution < 1.29 is 37.1 Å². The largest absolute Gasteiger partial charge is 0.505 e. The van der Waals surface area contributed by atoms with Crippen LogP contribution in [0.15, 0.2) is 53.1 Å². The monoisotopic (exact) mass is 610 g/mol. The second kappa shape index (κ2) is 11.9. The van der Waals surface area contributed by atoms with E-state index >= 15 is 0 Å². The summed E-state index contributed by atoms with van der Waals surface area (Å²) in [6, 6.07) is 11.3. The van der Waals surface area contributed by atoms with Crippen LogP contribution in [0.3, 0.4) is 0 Å². The van der Waals surface area contributed by atoms with Crippen LogP contribution < -0.4 is 9.55 Å². The van der Waals surface area contributed by atoms with Crippen molar-refractivity contribution in [2.45, 2.75) is 57.5 Å². The molecular weight excluding hydrogens is 572 g/mol. The molecule has 0 radical (unpaired) electrons. The molecule has 41 heavy (non-hydrogen) atoms. The molecule has 1 heterocycles. The molecule has 1 aliphatic heterocycles. The molecule has 2 aromatic rings. The van der Waals surface area contributed by atoms with Crippen molar-refractivity contribution in [2.75, 3.05) is 24.2 Å². The van der Waals surface area contributed by atoms with E-state index < -0.39 is 32.1 Å². The van der Waals surface area contributed by atoms with Gasteiger partial charge in [0.25, 0.3) is 0 Å². The lowest BCUT2D eigenvalue weighted by Crippen LogP contribution is -2.58. The van der Waals surface area contributed by atoms with Gasteiger partial charge in [0.05, 0.1) is 36.6 Å². The average Bonchev–Trinajstić information content (AvgIpc) is 2.88. The Kier molecular flexibility index (Phi) is 9.07. The standard InChI is InChI=1S/C27H38N4O8S2/c1-6-38-31(39-7-2)27(15-14-18(3)4)22-11-9-8-10-21(22)25(32)24(26(27)33)30-17-19-12-13-20(28-40(5,34)35)16-23(19)41(36,37)29-30/h8-13,16,18,28-29,32,36-37H,6-7,14-15,17H2,1-5H3/t27-/m0/s1. The second-order valence-corrected chi connectivity index (χ2v) is 13.8. The number of hydrogen-bond acceptors (Lipinski definition) is 11.